The number of rotatable bonds is 7. The zero-order chi connectivity index (χ0) is 11.0. The van der Waals surface area contributed by atoms with E-state index in [1.54, 1.807) is 7.05 Å². The first-order chi connectivity index (χ1) is 6.61. The third-order valence-electron chi connectivity index (χ3n) is 1.93. The number of carbonyl (C=O) groups excluding carboxylic acids is 1. The highest BCUT2D eigenvalue weighted by molar-refractivity contribution is 5.85. The van der Waals surface area contributed by atoms with Crippen LogP contribution in [0.3, 0.4) is 0 Å². The van der Waals surface area contributed by atoms with Crippen molar-refractivity contribution in [1.29, 1.82) is 0 Å². The Morgan fingerprint density at radius 2 is 2.07 bits per heavy atom. The van der Waals surface area contributed by atoms with Crippen molar-refractivity contribution in [3.8, 4) is 0 Å². The van der Waals surface area contributed by atoms with Crippen molar-refractivity contribution in [2.24, 2.45) is 0 Å². The molecule has 14 heavy (non-hydrogen) atoms. The molecule has 0 radical (unpaired) electrons. The van der Waals surface area contributed by atoms with Crippen LogP contribution in [0.25, 0.3) is 0 Å². The topological polar surface area (TPSA) is 78.4 Å². The highest BCUT2D eigenvalue weighted by Gasteiger charge is 2.15. The molecule has 0 saturated heterocycles. The Hall–Kier alpha value is -1.10. The van der Waals surface area contributed by atoms with E-state index < -0.39 is 5.97 Å². The highest BCUT2D eigenvalue weighted by atomic mass is 16.4. The van der Waals surface area contributed by atoms with Gasteiger partial charge in [-0.3, -0.25) is 9.59 Å². The average Bonchev–Trinajstić information content (AvgIpc) is 2.16. The van der Waals surface area contributed by atoms with Gasteiger partial charge in [-0.05, 0) is 13.5 Å². The Balaban J connectivity index is 3.85. The lowest BCUT2D eigenvalue weighted by molar-refractivity contribution is -0.138. The van der Waals surface area contributed by atoms with E-state index in [4.69, 9.17) is 5.11 Å². The normalized spacial score (nSPS) is 12.1. The molecule has 0 aliphatic carbocycles. The van der Waals surface area contributed by atoms with Crippen molar-refractivity contribution in [2.45, 2.75) is 32.2 Å². The van der Waals surface area contributed by atoms with Crippen LogP contribution in [-0.4, -0.2) is 36.6 Å². The molecule has 1 amide bonds. The summed E-state index contributed by atoms with van der Waals surface area (Å²) in [6, 6.07) is -0.283. The summed E-state index contributed by atoms with van der Waals surface area (Å²) in [5, 5.41) is 13.6. The number of carbonyl (C=O) groups is 2. The number of carboxylic acids is 1. The van der Waals surface area contributed by atoms with Crippen molar-refractivity contribution >= 4 is 11.9 Å². The first kappa shape index (κ1) is 12.9. The Kier molecular flexibility index (Phi) is 6.74. The number of hydrogen-bond acceptors (Lipinski definition) is 3. The highest BCUT2D eigenvalue weighted by Crippen LogP contribution is 1.99. The van der Waals surface area contributed by atoms with Crippen LogP contribution in [0.5, 0.6) is 0 Å². The zero-order valence-corrected chi connectivity index (χ0v) is 8.67. The fraction of sp³-hybridized carbons (Fsp3) is 0.778. The molecule has 3 N–H and O–H groups in total. The summed E-state index contributed by atoms with van der Waals surface area (Å²) in [6.07, 6.45) is 2.70. The second-order valence-corrected chi connectivity index (χ2v) is 3.10. The molecule has 82 valence electrons. The van der Waals surface area contributed by atoms with Gasteiger partial charge in [-0.15, -0.1) is 0 Å². The quantitative estimate of drug-likeness (QED) is 0.541. The summed E-state index contributed by atoms with van der Waals surface area (Å²) in [6.45, 7) is 1.73. The molecule has 0 spiro atoms. The molecule has 0 aliphatic heterocycles. The Morgan fingerprint density at radius 3 is 2.50 bits per heavy atom. The van der Waals surface area contributed by atoms with Crippen LogP contribution in [0.2, 0.25) is 0 Å². The second kappa shape index (κ2) is 7.32. The number of aliphatic carboxylic acids is 1. The van der Waals surface area contributed by atoms with Gasteiger partial charge in [-0.25, -0.2) is 0 Å². The van der Waals surface area contributed by atoms with E-state index in [-0.39, 0.29) is 18.5 Å². The number of hydrogen-bond donors (Lipinski definition) is 3. The van der Waals surface area contributed by atoms with Crippen LogP contribution in [-0.2, 0) is 9.59 Å². The standard InChI is InChI=1S/C9H18N2O3/c1-3-4-5-7(10-2)9(14)11-6-8(12)13/h7,10H,3-6H2,1-2H3,(H,11,14)(H,12,13). The number of amides is 1. The third-order valence-corrected chi connectivity index (χ3v) is 1.93. The van der Waals surface area contributed by atoms with Gasteiger partial charge in [0, 0.05) is 0 Å². The molecule has 5 heteroatoms. The number of unbranched alkanes of at least 4 members (excludes halogenated alkanes) is 1. The molecule has 1 unspecified atom stereocenters. The van der Waals surface area contributed by atoms with Gasteiger partial charge in [0.25, 0.3) is 0 Å². The minimum atomic E-state index is -1.02. The summed E-state index contributed by atoms with van der Waals surface area (Å²) in [4.78, 5) is 21.5. The molecule has 0 aromatic carbocycles. The van der Waals surface area contributed by atoms with Crippen LogP contribution in [0.4, 0.5) is 0 Å². The molecule has 5 nitrogen and oxygen atoms in total. The fourth-order valence-electron chi connectivity index (χ4n) is 1.10. The van der Waals surface area contributed by atoms with Gasteiger partial charge in [0.15, 0.2) is 0 Å². The largest absolute Gasteiger partial charge is 0.480 e. The van der Waals surface area contributed by atoms with E-state index in [9.17, 15) is 9.59 Å². The maximum Gasteiger partial charge on any atom is 0.322 e. The summed E-state index contributed by atoms with van der Waals surface area (Å²) >= 11 is 0. The Bertz CT molecular complexity index is 194. The summed E-state index contributed by atoms with van der Waals surface area (Å²) < 4.78 is 0. The lowest BCUT2D eigenvalue weighted by atomic mass is 10.1. The van der Waals surface area contributed by atoms with Gasteiger partial charge in [-0.2, -0.15) is 0 Å². The van der Waals surface area contributed by atoms with Crippen LogP contribution < -0.4 is 10.6 Å². The first-order valence-electron chi connectivity index (χ1n) is 4.78. The molecular formula is C9H18N2O3. The monoisotopic (exact) mass is 202 g/mol. The average molecular weight is 202 g/mol. The Labute approximate surface area is 83.9 Å². The molecule has 0 aliphatic rings. The molecular weight excluding hydrogens is 184 g/mol. The van der Waals surface area contributed by atoms with Crippen molar-refractivity contribution in [2.75, 3.05) is 13.6 Å². The summed E-state index contributed by atoms with van der Waals surface area (Å²) in [7, 11) is 1.70. The van der Waals surface area contributed by atoms with Crippen LogP contribution in [0.1, 0.15) is 26.2 Å². The van der Waals surface area contributed by atoms with E-state index in [0.717, 1.165) is 19.3 Å². The smallest absolute Gasteiger partial charge is 0.322 e. The van der Waals surface area contributed by atoms with E-state index in [1.165, 1.54) is 0 Å². The van der Waals surface area contributed by atoms with Gasteiger partial charge in [0.05, 0.1) is 6.04 Å². The Morgan fingerprint density at radius 1 is 1.43 bits per heavy atom. The maximum atomic E-state index is 11.3. The first-order valence-corrected chi connectivity index (χ1v) is 4.78. The lowest BCUT2D eigenvalue weighted by Gasteiger charge is -2.14. The van der Waals surface area contributed by atoms with Crippen LogP contribution in [0.15, 0.2) is 0 Å². The minimum absolute atomic E-state index is 0.247. The summed E-state index contributed by atoms with van der Waals surface area (Å²) in [5.41, 5.74) is 0. The molecule has 0 aromatic heterocycles. The molecule has 0 saturated carbocycles. The molecule has 1 atom stereocenters. The van der Waals surface area contributed by atoms with Crippen molar-refractivity contribution in [3.63, 3.8) is 0 Å². The third kappa shape index (κ3) is 5.53. The lowest BCUT2D eigenvalue weighted by Crippen LogP contribution is -2.44. The maximum absolute atomic E-state index is 11.3. The molecule has 0 bridgehead atoms. The molecule has 0 fully saturated rings. The number of carboxylic acid groups (broad SMARTS) is 1. The van der Waals surface area contributed by atoms with E-state index in [0.29, 0.717) is 0 Å². The van der Waals surface area contributed by atoms with Crippen molar-refractivity contribution < 1.29 is 14.7 Å². The molecule has 0 aromatic rings. The van der Waals surface area contributed by atoms with Gasteiger partial charge >= 0.3 is 5.97 Å². The van der Waals surface area contributed by atoms with Gasteiger partial charge in [-0.1, -0.05) is 19.8 Å². The van der Waals surface area contributed by atoms with E-state index >= 15 is 0 Å². The van der Waals surface area contributed by atoms with E-state index in [2.05, 4.69) is 10.6 Å². The number of likely N-dealkylation sites (N-methyl/N-ethyl adjacent to an activating group) is 1. The van der Waals surface area contributed by atoms with Crippen molar-refractivity contribution in [1.82, 2.24) is 10.6 Å². The van der Waals surface area contributed by atoms with E-state index in [1.807, 2.05) is 6.92 Å². The predicted molar refractivity (Wildman–Crippen MR) is 53.0 cm³/mol. The minimum Gasteiger partial charge on any atom is -0.480 e. The SMILES string of the molecule is CCCCC(NC)C(=O)NCC(=O)O. The van der Waals surface area contributed by atoms with Crippen LogP contribution in [0, 0.1) is 0 Å². The predicted octanol–water partition coefficient (Wildman–Crippen LogP) is -0.0346. The molecule has 0 rings (SSSR count). The second-order valence-electron chi connectivity index (χ2n) is 3.10. The number of nitrogens with one attached hydrogen (secondary N) is 2. The van der Waals surface area contributed by atoms with Gasteiger partial charge in [0.1, 0.15) is 6.54 Å². The van der Waals surface area contributed by atoms with Gasteiger partial charge < -0.3 is 15.7 Å². The summed E-state index contributed by atoms with van der Waals surface area (Å²) in [5.74, 6) is -1.27. The van der Waals surface area contributed by atoms with Crippen LogP contribution >= 0.6 is 0 Å². The fourth-order valence-corrected chi connectivity index (χ4v) is 1.10. The van der Waals surface area contributed by atoms with Crippen molar-refractivity contribution in [3.05, 3.63) is 0 Å². The zero-order valence-electron chi connectivity index (χ0n) is 8.67. The molecule has 0 heterocycles. The van der Waals surface area contributed by atoms with Gasteiger partial charge in [0.2, 0.25) is 5.91 Å².